The maximum atomic E-state index is 13.6. The fourth-order valence-corrected chi connectivity index (χ4v) is 5.85. The number of carbonyl (C=O) groups is 2. The zero-order valence-electron chi connectivity index (χ0n) is 21.2. The first kappa shape index (κ1) is 26.2. The van der Waals surface area contributed by atoms with E-state index in [0.717, 1.165) is 45.3 Å². The van der Waals surface area contributed by atoms with Crippen molar-refractivity contribution in [2.45, 2.75) is 52.0 Å². The average Bonchev–Trinajstić information content (AvgIpc) is 2.88. The maximum absolute atomic E-state index is 13.6. The molecule has 0 bridgehead atoms. The van der Waals surface area contributed by atoms with Crippen LogP contribution in [0.3, 0.4) is 0 Å². The number of rotatable bonds is 7. The fourth-order valence-electron chi connectivity index (χ4n) is 5.67. The third-order valence-electron chi connectivity index (χ3n) is 7.81. The molecule has 1 aromatic rings. The summed E-state index contributed by atoms with van der Waals surface area (Å²) >= 11 is 6.16. The smallest absolute Gasteiger partial charge is 0.225 e. The molecule has 0 aliphatic carbocycles. The number of benzene rings is 1. The van der Waals surface area contributed by atoms with Gasteiger partial charge in [0.05, 0.1) is 19.8 Å². The summed E-state index contributed by atoms with van der Waals surface area (Å²) in [6.07, 6.45) is 3.94. The highest BCUT2D eigenvalue weighted by molar-refractivity contribution is 6.30. The highest BCUT2D eigenvalue weighted by atomic mass is 35.5. The van der Waals surface area contributed by atoms with Gasteiger partial charge in [-0.05, 0) is 70.8 Å². The zero-order chi connectivity index (χ0) is 24.8. The summed E-state index contributed by atoms with van der Waals surface area (Å²) in [5.74, 6) is 1.14. The molecule has 3 aliphatic heterocycles. The molecule has 4 rings (SSSR count). The molecule has 0 saturated carbocycles. The second-order valence-corrected chi connectivity index (χ2v) is 11.1. The number of hydrogen-bond acceptors (Lipinski definition) is 5. The molecule has 1 atom stereocenters. The Morgan fingerprint density at radius 1 is 1.11 bits per heavy atom. The number of hydrogen-bond donors (Lipinski definition) is 0. The molecule has 3 saturated heterocycles. The number of carbonyl (C=O) groups excluding carboxylic acids is 2. The van der Waals surface area contributed by atoms with E-state index in [-0.39, 0.29) is 17.7 Å². The summed E-state index contributed by atoms with van der Waals surface area (Å²) in [5, 5.41) is 0.620. The molecule has 35 heavy (non-hydrogen) atoms. The Morgan fingerprint density at radius 3 is 2.54 bits per heavy atom. The number of amides is 2. The molecule has 1 unspecified atom stereocenters. The third kappa shape index (κ3) is 6.89. The number of halogens is 1. The van der Waals surface area contributed by atoms with Gasteiger partial charge in [-0.2, -0.15) is 0 Å². The van der Waals surface area contributed by atoms with Crippen LogP contribution in [0.2, 0.25) is 5.02 Å². The molecule has 0 aromatic heterocycles. The first-order chi connectivity index (χ1) is 16.8. The number of ether oxygens (including phenoxy) is 2. The van der Waals surface area contributed by atoms with Gasteiger partial charge in [0.15, 0.2) is 0 Å². The van der Waals surface area contributed by atoms with Gasteiger partial charge in [0.2, 0.25) is 11.8 Å². The van der Waals surface area contributed by atoms with Gasteiger partial charge in [-0.3, -0.25) is 9.59 Å². The Kier molecular flexibility index (Phi) is 8.95. The molecule has 7 nitrogen and oxygen atoms in total. The van der Waals surface area contributed by atoms with Crippen molar-refractivity contribution in [2.75, 3.05) is 59.1 Å². The molecule has 0 spiro atoms. The van der Waals surface area contributed by atoms with Gasteiger partial charge >= 0.3 is 0 Å². The van der Waals surface area contributed by atoms with Crippen molar-refractivity contribution in [1.29, 1.82) is 0 Å². The second-order valence-electron chi connectivity index (χ2n) is 10.7. The van der Waals surface area contributed by atoms with Crippen LogP contribution in [0, 0.1) is 11.3 Å². The summed E-state index contributed by atoms with van der Waals surface area (Å²) in [6, 6.07) is 7.88. The molecular formula is C27H40ClN3O4. The summed E-state index contributed by atoms with van der Waals surface area (Å²) < 4.78 is 11.6. The third-order valence-corrected chi connectivity index (χ3v) is 8.05. The molecule has 0 radical (unpaired) electrons. The minimum atomic E-state index is -0.412. The van der Waals surface area contributed by atoms with Gasteiger partial charge in [0.1, 0.15) is 5.75 Å². The number of nitrogens with zero attached hydrogens (tertiary/aromatic N) is 3. The molecular weight excluding hydrogens is 466 g/mol. The monoisotopic (exact) mass is 505 g/mol. The van der Waals surface area contributed by atoms with Crippen molar-refractivity contribution in [3.8, 4) is 5.75 Å². The molecule has 8 heteroatoms. The highest BCUT2D eigenvalue weighted by Crippen LogP contribution is 2.37. The highest BCUT2D eigenvalue weighted by Gasteiger charge is 2.42. The van der Waals surface area contributed by atoms with Crippen molar-refractivity contribution in [3.05, 3.63) is 29.3 Å². The minimum absolute atomic E-state index is 0.0737. The normalized spacial score (nSPS) is 24.6. The van der Waals surface area contributed by atoms with Crippen LogP contribution in [0.4, 0.5) is 0 Å². The van der Waals surface area contributed by atoms with Gasteiger partial charge in [0, 0.05) is 55.0 Å². The van der Waals surface area contributed by atoms with Crippen LogP contribution in [0.25, 0.3) is 0 Å². The summed E-state index contributed by atoms with van der Waals surface area (Å²) in [7, 11) is 0. The van der Waals surface area contributed by atoms with Crippen molar-refractivity contribution in [1.82, 2.24) is 14.7 Å². The molecule has 1 aromatic carbocycles. The lowest BCUT2D eigenvalue weighted by atomic mass is 9.76. The topological polar surface area (TPSA) is 62.3 Å². The summed E-state index contributed by atoms with van der Waals surface area (Å²) in [6.45, 7) is 10.5. The van der Waals surface area contributed by atoms with Gasteiger partial charge in [0.25, 0.3) is 0 Å². The lowest BCUT2D eigenvalue weighted by Crippen LogP contribution is -2.53. The number of likely N-dealkylation sites (tertiary alicyclic amines) is 2. The Bertz CT molecular complexity index is 868. The molecule has 194 valence electrons. The number of morpholine rings is 1. The average molecular weight is 506 g/mol. The van der Waals surface area contributed by atoms with Crippen molar-refractivity contribution in [3.63, 3.8) is 0 Å². The lowest BCUT2D eigenvalue weighted by molar-refractivity contribution is -0.146. The predicted molar refractivity (Wildman–Crippen MR) is 137 cm³/mol. The van der Waals surface area contributed by atoms with E-state index in [2.05, 4.69) is 18.7 Å². The standard InChI is InChI=1S/C27H40ClN3O4/c1-21(2)29-11-7-22(8-12-29)26(33)31-10-4-9-27(19-31,18-25(32)30-13-15-34-16-14-30)20-35-24-6-3-5-23(28)17-24/h3,5-6,17,21-22H,4,7-16,18-20H2,1-2H3. The van der Waals surface area contributed by atoms with Crippen LogP contribution < -0.4 is 4.74 Å². The second kappa shape index (κ2) is 11.9. The largest absolute Gasteiger partial charge is 0.493 e. The fraction of sp³-hybridized carbons (Fsp3) is 0.704. The van der Waals surface area contributed by atoms with Crippen LogP contribution in [-0.4, -0.2) is 91.6 Å². The van der Waals surface area contributed by atoms with Crippen LogP contribution in [0.15, 0.2) is 24.3 Å². The van der Waals surface area contributed by atoms with E-state index in [0.29, 0.717) is 62.7 Å². The molecule has 3 aliphatic rings. The van der Waals surface area contributed by atoms with Crippen LogP contribution in [-0.2, 0) is 14.3 Å². The Labute approximate surface area is 214 Å². The summed E-state index contributed by atoms with van der Waals surface area (Å²) in [5.41, 5.74) is -0.412. The maximum Gasteiger partial charge on any atom is 0.225 e. The molecule has 2 amide bonds. The van der Waals surface area contributed by atoms with E-state index in [9.17, 15) is 9.59 Å². The van der Waals surface area contributed by atoms with E-state index in [1.54, 1.807) is 6.07 Å². The SMILES string of the molecule is CC(C)N1CCC(C(=O)N2CCCC(COc3cccc(Cl)c3)(CC(=O)N3CCOCC3)C2)CC1. The van der Waals surface area contributed by atoms with Gasteiger partial charge in [-0.1, -0.05) is 17.7 Å². The van der Waals surface area contributed by atoms with Gasteiger partial charge in [-0.25, -0.2) is 0 Å². The van der Waals surface area contributed by atoms with Crippen LogP contribution >= 0.6 is 11.6 Å². The van der Waals surface area contributed by atoms with Gasteiger partial charge < -0.3 is 24.2 Å². The number of piperidine rings is 2. The van der Waals surface area contributed by atoms with Crippen molar-refractivity contribution in [2.24, 2.45) is 11.3 Å². The van der Waals surface area contributed by atoms with E-state index >= 15 is 0 Å². The van der Waals surface area contributed by atoms with E-state index in [4.69, 9.17) is 21.1 Å². The predicted octanol–water partition coefficient (Wildman–Crippen LogP) is 3.70. The van der Waals surface area contributed by atoms with Crippen LogP contribution in [0.1, 0.15) is 46.0 Å². The minimum Gasteiger partial charge on any atom is -0.493 e. The van der Waals surface area contributed by atoms with Crippen molar-refractivity contribution >= 4 is 23.4 Å². The first-order valence-electron chi connectivity index (χ1n) is 13.1. The van der Waals surface area contributed by atoms with E-state index in [1.807, 2.05) is 28.0 Å². The molecule has 0 N–H and O–H groups in total. The van der Waals surface area contributed by atoms with E-state index < -0.39 is 5.41 Å². The zero-order valence-corrected chi connectivity index (χ0v) is 22.0. The quantitative estimate of drug-likeness (QED) is 0.565. The molecule has 3 fully saturated rings. The van der Waals surface area contributed by atoms with Crippen LogP contribution in [0.5, 0.6) is 5.75 Å². The lowest BCUT2D eigenvalue weighted by Gasteiger charge is -2.45. The van der Waals surface area contributed by atoms with Gasteiger partial charge in [-0.15, -0.1) is 0 Å². The molecule has 3 heterocycles. The van der Waals surface area contributed by atoms with Crippen molar-refractivity contribution < 1.29 is 19.1 Å². The van der Waals surface area contributed by atoms with E-state index in [1.165, 1.54) is 0 Å². The first-order valence-corrected chi connectivity index (χ1v) is 13.5. The summed E-state index contributed by atoms with van der Waals surface area (Å²) in [4.78, 5) is 33.2. The Balaban J connectivity index is 1.46. The Hall–Kier alpha value is -1.83. The Morgan fingerprint density at radius 2 is 1.86 bits per heavy atom.